The number of aromatic nitrogens is 3. The summed E-state index contributed by atoms with van der Waals surface area (Å²) in [6.45, 7) is 3.03. The van der Waals surface area contributed by atoms with Crippen LogP contribution in [0.25, 0.3) is 11.0 Å². The predicted octanol–water partition coefficient (Wildman–Crippen LogP) is 4.68. The lowest BCUT2D eigenvalue weighted by atomic mass is 9.93. The average molecular weight is 473 g/mol. The zero-order chi connectivity index (χ0) is 23.5. The van der Waals surface area contributed by atoms with Crippen LogP contribution in [0.2, 0.25) is 0 Å². The van der Waals surface area contributed by atoms with Crippen molar-refractivity contribution >= 4 is 22.5 Å². The summed E-state index contributed by atoms with van der Waals surface area (Å²) in [6, 6.07) is 6.66. The summed E-state index contributed by atoms with van der Waals surface area (Å²) in [6.07, 6.45) is 3.18. The van der Waals surface area contributed by atoms with Crippen LogP contribution in [0.1, 0.15) is 31.2 Å². The smallest absolute Gasteiger partial charge is 0.417 e. The maximum atomic E-state index is 12.7. The van der Waals surface area contributed by atoms with Gasteiger partial charge in [0.15, 0.2) is 0 Å². The lowest BCUT2D eigenvalue weighted by molar-refractivity contribution is -0.137. The summed E-state index contributed by atoms with van der Waals surface area (Å²) in [5, 5.41) is 3.25. The van der Waals surface area contributed by atoms with Gasteiger partial charge in [-0.15, -0.1) is 0 Å². The topological polar surface area (TPSA) is 72.4 Å². The standard InChI is InChI=1S/C24H26F3N5O2/c25-24(26,27)16-1-6-22(30-15-16)31-17-2-4-19(5-3-17)34-21-14-18(32-9-11-33-12-10-32)13-20-23(21)29-8-7-28-20/h1,6-8,13-15,17,19H,2-5,9-12H2,(H,30,31)/t17-,19+. The fourth-order valence-electron chi connectivity index (χ4n) is 4.48. The second kappa shape index (κ2) is 9.61. The number of benzene rings is 1. The first-order chi connectivity index (χ1) is 16.5. The molecule has 5 rings (SSSR count). The first-order valence-corrected chi connectivity index (χ1v) is 11.5. The predicted molar refractivity (Wildman–Crippen MR) is 122 cm³/mol. The number of alkyl halides is 3. The van der Waals surface area contributed by atoms with E-state index in [9.17, 15) is 13.2 Å². The number of pyridine rings is 1. The summed E-state index contributed by atoms with van der Waals surface area (Å²) >= 11 is 0. The molecule has 1 N–H and O–H groups in total. The minimum absolute atomic E-state index is 0.0313. The molecule has 10 heteroatoms. The summed E-state index contributed by atoms with van der Waals surface area (Å²) < 4.78 is 50.1. The van der Waals surface area contributed by atoms with Gasteiger partial charge in [0, 0.05) is 49.5 Å². The molecule has 1 saturated carbocycles. The molecule has 2 aliphatic rings. The molecule has 1 saturated heterocycles. The lowest BCUT2D eigenvalue weighted by Gasteiger charge is -2.31. The maximum absolute atomic E-state index is 12.7. The fraction of sp³-hybridized carbons (Fsp3) is 0.458. The van der Waals surface area contributed by atoms with Crippen LogP contribution >= 0.6 is 0 Å². The van der Waals surface area contributed by atoms with E-state index < -0.39 is 11.7 Å². The maximum Gasteiger partial charge on any atom is 0.417 e. The number of hydrogen-bond acceptors (Lipinski definition) is 7. The summed E-state index contributed by atoms with van der Waals surface area (Å²) in [7, 11) is 0. The van der Waals surface area contributed by atoms with Gasteiger partial charge in [-0.1, -0.05) is 0 Å². The molecule has 2 fully saturated rings. The van der Waals surface area contributed by atoms with E-state index in [-0.39, 0.29) is 12.1 Å². The second-order valence-electron chi connectivity index (χ2n) is 8.63. The molecule has 0 unspecified atom stereocenters. The number of fused-ring (bicyclic) bond motifs is 1. The van der Waals surface area contributed by atoms with Gasteiger partial charge >= 0.3 is 6.18 Å². The van der Waals surface area contributed by atoms with Crippen molar-refractivity contribution in [2.75, 3.05) is 36.5 Å². The third kappa shape index (κ3) is 5.16. The van der Waals surface area contributed by atoms with Gasteiger partial charge in [0.25, 0.3) is 0 Å². The van der Waals surface area contributed by atoms with Crippen molar-refractivity contribution in [2.45, 2.75) is 44.0 Å². The van der Waals surface area contributed by atoms with Crippen molar-refractivity contribution < 1.29 is 22.6 Å². The molecule has 1 aliphatic heterocycles. The Kier molecular flexibility index (Phi) is 6.40. The molecule has 180 valence electrons. The first-order valence-electron chi connectivity index (χ1n) is 11.5. The number of anilines is 2. The van der Waals surface area contributed by atoms with Gasteiger partial charge in [-0.2, -0.15) is 13.2 Å². The van der Waals surface area contributed by atoms with Gasteiger partial charge in [-0.25, -0.2) is 9.97 Å². The van der Waals surface area contributed by atoms with Gasteiger partial charge in [0.2, 0.25) is 0 Å². The number of rotatable bonds is 5. The Bertz CT molecular complexity index is 1110. The number of hydrogen-bond donors (Lipinski definition) is 1. The normalized spacial score (nSPS) is 21.4. The van der Waals surface area contributed by atoms with Crippen LogP contribution in [0, 0.1) is 0 Å². The van der Waals surface area contributed by atoms with Gasteiger partial charge in [0.1, 0.15) is 17.1 Å². The fourth-order valence-corrected chi connectivity index (χ4v) is 4.48. The van der Waals surface area contributed by atoms with Gasteiger partial charge in [-0.3, -0.25) is 4.98 Å². The lowest BCUT2D eigenvalue weighted by Crippen LogP contribution is -2.36. The van der Waals surface area contributed by atoms with E-state index in [4.69, 9.17) is 9.47 Å². The summed E-state index contributed by atoms with van der Waals surface area (Å²) in [5.41, 5.74) is 1.85. The molecule has 0 atom stereocenters. The first kappa shape index (κ1) is 22.6. The number of ether oxygens (including phenoxy) is 2. The highest BCUT2D eigenvalue weighted by Gasteiger charge is 2.31. The highest BCUT2D eigenvalue weighted by atomic mass is 19.4. The molecule has 1 aliphatic carbocycles. The minimum atomic E-state index is -4.38. The summed E-state index contributed by atoms with van der Waals surface area (Å²) in [4.78, 5) is 15.2. The molecule has 3 aromatic rings. The Morgan fingerprint density at radius 3 is 2.44 bits per heavy atom. The van der Waals surface area contributed by atoms with Crippen molar-refractivity contribution in [3.63, 3.8) is 0 Å². The Morgan fingerprint density at radius 1 is 0.971 bits per heavy atom. The van der Waals surface area contributed by atoms with Gasteiger partial charge in [0.05, 0.1) is 30.4 Å². The van der Waals surface area contributed by atoms with E-state index in [0.29, 0.717) is 19.0 Å². The van der Waals surface area contributed by atoms with Crippen LogP contribution in [-0.2, 0) is 10.9 Å². The quantitative estimate of drug-likeness (QED) is 0.577. The highest BCUT2D eigenvalue weighted by molar-refractivity contribution is 5.85. The Hall–Kier alpha value is -3.14. The molecule has 0 spiro atoms. The highest BCUT2D eigenvalue weighted by Crippen LogP contribution is 2.34. The molecule has 2 aromatic heterocycles. The van der Waals surface area contributed by atoms with Crippen LogP contribution in [-0.4, -0.2) is 53.4 Å². The van der Waals surface area contributed by atoms with Crippen molar-refractivity contribution in [3.05, 3.63) is 48.4 Å². The van der Waals surface area contributed by atoms with Gasteiger partial charge in [-0.05, 0) is 43.9 Å². The van der Waals surface area contributed by atoms with E-state index in [1.165, 1.54) is 6.07 Å². The van der Waals surface area contributed by atoms with Crippen LogP contribution in [0.3, 0.4) is 0 Å². The van der Waals surface area contributed by atoms with E-state index in [1.54, 1.807) is 12.4 Å². The Balaban J connectivity index is 1.23. The molecule has 1 aromatic carbocycles. The number of halogens is 3. The van der Waals surface area contributed by atoms with E-state index in [2.05, 4.69) is 25.2 Å². The van der Waals surface area contributed by atoms with Crippen LogP contribution in [0.5, 0.6) is 5.75 Å². The Labute approximate surface area is 195 Å². The molecule has 7 nitrogen and oxygen atoms in total. The third-order valence-electron chi connectivity index (χ3n) is 6.31. The minimum Gasteiger partial charge on any atom is -0.488 e. The zero-order valence-corrected chi connectivity index (χ0v) is 18.6. The van der Waals surface area contributed by atoms with Crippen molar-refractivity contribution in [2.24, 2.45) is 0 Å². The van der Waals surface area contributed by atoms with Crippen molar-refractivity contribution in [1.29, 1.82) is 0 Å². The van der Waals surface area contributed by atoms with E-state index in [1.807, 2.05) is 12.1 Å². The molecule has 3 heterocycles. The van der Waals surface area contributed by atoms with Crippen molar-refractivity contribution in [3.8, 4) is 5.75 Å². The van der Waals surface area contributed by atoms with E-state index >= 15 is 0 Å². The molecule has 0 bridgehead atoms. The molecule has 34 heavy (non-hydrogen) atoms. The van der Waals surface area contributed by atoms with Crippen LogP contribution in [0.15, 0.2) is 42.9 Å². The average Bonchev–Trinajstić information content (AvgIpc) is 2.85. The molecular weight excluding hydrogens is 447 g/mol. The van der Waals surface area contributed by atoms with E-state index in [0.717, 1.165) is 73.5 Å². The zero-order valence-electron chi connectivity index (χ0n) is 18.6. The molecular formula is C24H26F3N5O2. The summed E-state index contributed by atoms with van der Waals surface area (Å²) in [5.74, 6) is 1.18. The third-order valence-corrected chi connectivity index (χ3v) is 6.31. The number of nitrogens with zero attached hydrogens (tertiary/aromatic N) is 4. The van der Waals surface area contributed by atoms with Crippen molar-refractivity contribution in [1.82, 2.24) is 15.0 Å². The monoisotopic (exact) mass is 473 g/mol. The van der Waals surface area contributed by atoms with Crippen LogP contribution in [0.4, 0.5) is 24.7 Å². The number of nitrogens with one attached hydrogen (secondary N) is 1. The largest absolute Gasteiger partial charge is 0.488 e. The second-order valence-corrected chi connectivity index (χ2v) is 8.63. The van der Waals surface area contributed by atoms with Gasteiger partial charge < -0.3 is 19.7 Å². The van der Waals surface area contributed by atoms with Crippen LogP contribution < -0.4 is 15.0 Å². The molecule has 0 amide bonds. The SMILES string of the molecule is FC(F)(F)c1ccc(N[C@H]2CC[C@@H](Oc3cc(N4CCOCC4)cc4nccnc34)CC2)nc1. The number of morpholine rings is 1. The Morgan fingerprint density at radius 2 is 1.74 bits per heavy atom. The molecule has 0 radical (unpaired) electrons.